The number of aromatic nitrogens is 3. The van der Waals surface area contributed by atoms with E-state index in [0.29, 0.717) is 39.8 Å². The third kappa shape index (κ3) is 6.19. The van der Waals surface area contributed by atoms with Gasteiger partial charge in [0.25, 0.3) is 5.91 Å². The first-order chi connectivity index (χ1) is 18.7. The maximum Gasteiger partial charge on any atom is 0.404 e. The summed E-state index contributed by atoms with van der Waals surface area (Å²) < 4.78 is 17.3. The summed E-state index contributed by atoms with van der Waals surface area (Å²) in [6.45, 7) is 4.33. The molecule has 9 nitrogen and oxygen atoms in total. The van der Waals surface area contributed by atoms with Gasteiger partial charge in [-0.05, 0) is 71.6 Å². The highest BCUT2D eigenvalue weighted by molar-refractivity contribution is 9.10. The zero-order valence-electron chi connectivity index (χ0n) is 21.6. The minimum atomic E-state index is -1.15. The number of amides is 2. The summed E-state index contributed by atoms with van der Waals surface area (Å²) >= 11 is 3.54. The third-order valence-electron chi connectivity index (χ3n) is 6.52. The van der Waals surface area contributed by atoms with Crippen molar-refractivity contribution in [3.8, 4) is 0 Å². The molecule has 0 aliphatic carbocycles. The molecular weight excluding hydrogens is 569 g/mol. The van der Waals surface area contributed by atoms with Crippen molar-refractivity contribution < 1.29 is 19.1 Å². The van der Waals surface area contributed by atoms with Gasteiger partial charge >= 0.3 is 11.8 Å². The number of fused-ring (bicyclic) bond motifs is 1. The minimum Gasteiger partial charge on any atom is -0.465 e. The Labute approximate surface area is 233 Å². The molecule has 2 aromatic carbocycles. The molecule has 2 aromatic heterocycles. The second kappa shape index (κ2) is 12.2. The summed E-state index contributed by atoms with van der Waals surface area (Å²) in [6, 6.07) is 16.1. The Bertz CT molecular complexity index is 1540. The topological polar surface area (TPSA) is 109 Å². The van der Waals surface area contributed by atoms with Gasteiger partial charge in [0, 0.05) is 24.3 Å². The van der Waals surface area contributed by atoms with Crippen LogP contribution in [0.5, 0.6) is 0 Å². The van der Waals surface area contributed by atoms with Crippen LogP contribution in [0.15, 0.2) is 69.9 Å². The van der Waals surface area contributed by atoms with E-state index in [9.17, 15) is 18.8 Å². The summed E-state index contributed by atoms with van der Waals surface area (Å²) in [5.74, 6) is -0.807. The fourth-order valence-electron chi connectivity index (χ4n) is 4.63. The summed E-state index contributed by atoms with van der Waals surface area (Å²) in [7, 11) is 0. The molecule has 11 heteroatoms. The molecule has 0 fully saturated rings. The smallest absolute Gasteiger partial charge is 0.404 e. The quantitative estimate of drug-likeness (QED) is 0.250. The number of rotatable bonds is 10. The van der Waals surface area contributed by atoms with Gasteiger partial charge in [-0.1, -0.05) is 37.3 Å². The van der Waals surface area contributed by atoms with E-state index in [0.717, 1.165) is 5.56 Å². The van der Waals surface area contributed by atoms with E-state index in [2.05, 4.69) is 26.3 Å². The molecule has 1 unspecified atom stereocenters. The van der Waals surface area contributed by atoms with Crippen LogP contribution < -0.4 is 11.0 Å². The number of aryl methyl sites for hydroxylation is 1. The Hall–Kier alpha value is -3.99. The Morgan fingerprint density at radius 3 is 2.49 bits per heavy atom. The maximum atomic E-state index is 13.8. The van der Waals surface area contributed by atoms with Crippen LogP contribution in [0, 0.1) is 12.7 Å². The normalized spacial score (nSPS) is 11.9. The van der Waals surface area contributed by atoms with Crippen molar-refractivity contribution in [2.45, 2.75) is 39.3 Å². The predicted octanol–water partition coefficient (Wildman–Crippen LogP) is 5.01. The first-order valence-corrected chi connectivity index (χ1v) is 13.4. The van der Waals surface area contributed by atoms with Crippen LogP contribution >= 0.6 is 15.9 Å². The average molecular weight is 598 g/mol. The number of carboxylic acid groups (broad SMARTS) is 1. The largest absolute Gasteiger partial charge is 0.465 e. The van der Waals surface area contributed by atoms with Gasteiger partial charge in [0.1, 0.15) is 5.82 Å². The van der Waals surface area contributed by atoms with Crippen LogP contribution in [0.2, 0.25) is 0 Å². The van der Waals surface area contributed by atoms with Crippen LogP contribution in [0.4, 0.5) is 9.18 Å². The van der Waals surface area contributed by atoms with E-state index >= 15 is 0 Å². The van der Waals surface area contributed by atoms with E-state index < -0.39 is 18.0 Å². The molecule has 2 amide bonds. The van der Waals surface area contributed by atoms with Gasteiger partial charge in [0.05, 0.1) is 28.3 Å². The first-order valence-electron chi connectivity index (χ1n) is 12.6. The van der Waals surface area contributed by atoms with Gasteiger partial charge in [-0.2, -0.15) is 9.61 Å². The van der Waals surface area contributed by atoms with Gasteiger partial charge < -0.3 is 15.3 Å². The highest BCUT2D eigenvalue weighted by Gasteiger charge is 2.29. The molecule has 4 aromatic rings. The molecule has 0 saturated heterocycles. The summed E-state index contributed by atoms with van der Waals surface area (Å²) in [6.07, 6.45) is -0.341. The first kappa shape index (κ1) is 28.0. The molecule has 0 spiro atoms. The molecule has 0 aliphatic heterocycles. The number of nitrogens with one attached hydrogen (secondary N) is 1. The van der Waals surface area contributed by atoms with Crippen LogP contribution in [0.1, 0.15) is 53.1 Å². The number of hydrogen-bond donors (Lipinski definition) is 2. The molecule has 0 bridgehead atoms. The van der Waals surface area contributed by atoms with Gasteiger partial charge in [-0.25, -0.2) is 14.0 Å². The number of hydrogen-bond acceptors (Lipinski definition) is 4. The fraction of sp³-hybridized carbons (Fsp3) is 0.286. The van der Waals surface area contributed by atoms with Gasteiger partial charge in [0.15, 0.2) is 0 Å². The monoisotopic (exact) mass is 597 g/mol. The lowest BCUT2D eigenvalue weighted by atomic mass is 10.0. The summed E-state index contributed by atoms with van der Waals surface area (Å²) in [5.41, 5.74) is 2.70. The molecule has 0 radical (unpaired) electrons. The second-order valence-electron chi connectivity index (χ2n) is 9.13. The zero-order valence-corrected chi connectivity index (χ0v) is 23.2. The Morgan fingerprint density at radius 2 is 1.85 bits per heavy atom. The number of carbonyl (C=O) groups excluding carboxylic acids is 1. The molecule has 0 aliphatic rings. The predicted molar refractivity (Wildman–Crippen MR) is 149 cm³/mol. The van der Waals surface area contributed by atoms with Crippen molar-refractivity contribution in [3.05, 3.63) is 104 Å². The molecule has 4 rings (SSSR count). The van der Waals surface area contributed by atoms with Crippen LogP contribution in [0.3, 0.4) is 0 Å². The van der Waals surface area contributed by atoms with Crippen molar-refractivity contribution in [3.63, 3.8) is 0 Å². The van der Waals surface area contributed by atoms with Gasteiger partial charge in [-0.15, -0.1) is 0 Å². The number of carbonyl (C=O) groups is 2. The van der Waals surface area contributed by atoms with Crippen LogP contribution in [-0.2, 0) is 6.54 Å². The lowest BCUT2D eigenvalue weighted by Crippen LogP contribution is -2.40. The Morgan fingerprint density at radius 1 is 1.15 bits per heavy atom. The minimum absolute atomic E-state index is 0.141. The standard InChI is InChI=1S/C28H29BrFN5O4/c1-3-22(33(15-7-14-31-27(37)38)26(36)20-10-12-21(30)13-11-20)23-16-24-25(29)18(2)32-35(24)28(39)34(23)17-19-8-5-4-6-9-19/h4-6,8-13,16,22,31H,3,7,14-15,17H2,1-2H3,(H,37,38). The Balaban J connectivity index is 1.85. The fourth-order valence-corrected chi connectivity index (χ4v) is 4.99. The lowest BCUT2D eigenvalue weighted by molar-refractivity contribution is 0.0659. The van der Waals surface area contributed by atoms with Crippen LogP contribution in [0.25, 0.3) is 5.52 Å². The number of halogens is 2. The van der Waals surface area contributed by atoms with E-state index in [4.69, 9.17) is 5.11 Å². The summed E-state index contributed by atoms with van der Waals surface area (Å²) in [4.78, 5) is 40.2. The number of nitrogens with zero attached hydrogens (tertiary/aromatic N) is 4. The van der Waals surface area contributed by atoms with Crippen LogP contribution in [-0.4, -0.2) is 49.3 Å². The van der Waals surface area contributed by atoms with Crippen molar-refractivity contribution in [1.82, 2.24) is 24.4 Å². The molecule has 1 atom stereocenters. The Kier molecular flexibility index (Phi) is 8.80. The summed E-state index contributed by atoms with van der Waals surface area (Å²) in [5, 5.41) is 15.7. The van der Waals surface area contributed by atoms with E-state index in [-0.39, 0.29) is 31.2 Å². The molecule has 2 heterocycles. The highest BCUT2D eigenvalue weighted by Crippen LogP contribution is 2.30. The third-order valence-corrected chi connectivity index (χ3v) is 7.50. The molecule has 2 N–H and O–H groups in total. The van der Waals surface area contributed by atoms with Gasteiger partial charge in [-0.3, -0.25) is 9.36 Å². The molecular formula is C28H29BrFN5O4. The molecule has 39 heavy (non-hydrogen) atoms. The van der Waals surface area contributed by atoms with E-state index in [1.54, 1.807) is 16.4 Å². The van der Waals surface area contributed by atoms with Crippen molar-refractivity contribution >= 4 is 33.4 Å². The SMILES string of the molecule is CCC(c1cc2c(Br)c(C)nn2c(=O)n1Cc1ccccc1)N(CCCNC(=O)O)C(=O)c1ccc(F)cc1. The lowest BCUT2D eigenvalue weighted by Gasteiger charge is -2.33. The van der Waals surface area contributed by atoms with Crippen molar-refractivity contribution in [2.75, 3.05) is 13.1 Å². The molecule has 204 valence electrons. The molecule has 0 saturated carbocycles. The van der Waals surface area contributed by atoms with Crippen molar-refractivity contribution in [2.24, 2.45) is 0 Å². The van der Waals surface area contributed by atoms with E-state index in [1.165, 1.54) is 28.8 Å². The highest BCUT2D eigenvalue weighted by atomic mass is 79.9. The zero-order chi connectivity index (χ0) is 28.1. The number of benzene rings is 2. The van der Waals surface area contributed by atoms with Gasteiger partial charge in [0.2, 0.25) is 0 Å². The average Bonchev–Trinajstić information content (AvgIpc) is 3.21. The second-order valence-corrected chi connectivity index (χ2v) is 9.93. The maximum absolute atomic E-state index is 13.8. The van der Waals surface area contributed by atoms with Crippen molar-refractivity contribution in [1.29, 1.82) is 0 Å². The van der Waals surface area contributed by atoms with E-state index in [1.807, 2.05) is 43.3 Å².